The highest BCUT2D eigenvalue weighted by Gasteiger charge is 2.27. The number of rotatable bonds is 2. The second-order valence-electron chi connectivity index (χ2n) is 5.08. The topological polar surface area (TPSA) is 81.0 Å². The van der Waals surface area contributed by atoms with Gasteiger partial charge in [0.05, 0.1) is 10.7 Å². The van der Waals surface area contributed by atoms with Crippen LogP contribution in [0.3, 0.4) is 0 Å². The fraction of sp³-hybridized carbons (Fsp3) is 0.133. The van der Waals surface area contributed by atoms with Gasteiger partial charge in [-0.15, -0.1) is 0 Å². The molecule has 0 fully saturated rings. The summed E-state index contributed by atoms with van der Waals surface area (Å²) < 4.78 is 23.7. The largest absolute Gasteiger partial charge is 0.483 e. The van der Waals surface area contributed by atoms with E-state index in [1.165, 1.54) is 6.07 Å². The van der Waals surface area contributed by atoms with Crippen LogP contribution in [0.15, 0.2) is 39.6 Å². The number of pyridine rings is 1. The molecule has 1 aliphatic heterocycles. The van der Waals surface area contributed by atoms with Gasteiger partial charge in [-0.3, -0.25) is 9.51 Å². The van der Waals surface area contributed by atoms with Crippen LogP contribution in [0.2, 0.25) is 5.02 Å². The van der Waals surface area contributed by atoms with Crippen LogP contribution in [0.1, 0.15) is 17.4 Å². The lowest BCUT2D eigenvalue weighted by molar-refractivity contribution is 0.233. The zero-order valence-electron chi connectivity index (χ0n) is 11.5. The van der Waals surface area contributed by atoms with Gasteiger partial charge in [0.25, 0.3) is 0 Å². The number of H-pyrrole nitrogens is 1. The van der Waals surface area contributed by atoms with Crippen molar-refractivity contribution in [3.63, 3.8) is 0 Å². The first-order valence-corrected chi connectivity index (χ1v) is 7.16. The summed E-state index contributed by atoms with van der Waals surface area (Å²) in [5.74, 6) is -0.477. The Bertz CT molecular complexity index is 922. The molecule has 0 saturated carbocycles. The summed E-state index contributed by atoms with van der Waals surface area (Å²) in [7, 11) is 0. The molecule has 1 atom stereocenters. The monoisotopic (exact) mass is 333 g/mol. The zero-order valence-corrected chi connectivity index (χ0v) is 12.3. The number of halogens is 2. The van der Waals surface area contributed by atoms with Gasteiger partial charge in [-0.2, -0.15) is 0 Å². The quantitative estimate of drug-likeness (QED) is 0.780. The SMILES string of the molecule is O=c1[nH]c(-c2cccc(C3Cc4cc(Cl)c(F)cc4O3)n2)no1. The molecular formula is C15H9ClFN3O3. The Hall–Kier alpha value is -2.67. The number of nitrogens with zero attached hydrogens (tertiary/aromatic N) is 2. The van der Waals surface area contributed by atoms with E-state index in [1.807, 2.05) is 0 Å². The second kappa shape index (κ2) is 5.20. The molecular weight excluding hydrogens is 325 g/mol. The van der Waals surface area contributed by atoms with Crippen molar-refractivity contribution < 1.29 is 13.7 Å². The van der Waals surface area contributed by atoms with Crippen LogP contribution >= 0.6 is 11.6 Å². The maximum absolute atomic E-state index is 13.5. The van der Waals surface area contributed by atoms with Crippen molar-refractivity contribution >= 4 is 11.6 Å². The predicted octanol–water partition coefficient (Wildman–Crippen LogP) is 2.89. The molecule has 0 bridgehead atoms. The van der Waals surface area contributed by atoms with Crippen LogP contribution in [0.4, 0.5) is 4.39 Å². The smallest absolute Gasteiger partial charge is 0.439 e. The molecule has 3 aromatic rings. The molecule has 3 heterocycles. The summed E-state index contributed by atoms with van der Waals surface area (Å²) in [6.07, 6.45) is 0.169. The number of fused-ring (bicyclic) bond motifs is 1. The van der Waals surface area contributed by atoms with Crippen molar-refractivity contribution in [2.45, 2.75) is 12.5 Å². The number of hydrogen-bond acceptors (Lipinski definition) is 5. The fourth-order valence-corrected chi connectivity index (χ4v) is 2.69. The lowest BCUT2D eigenvalue weighted by atomic mass is 10.1. The van der Waals surface area contributed by atoms with E-state index >= 15 is 0 Å². The van der Waals surface area contributed by atoms with Crippen LogP contribution in [-0.4, -0.2) is 15.1 Å². The molecule has 0 spiro atoms. The van der Waals surface area contributed by atoms with Crippen LogP contribution < -0.4 is 10.5 Å². The van der Waals surface area contributed by atoms with E-state index in [-0.39, 0.29) is 17.0 Å². The van der Waals surface area contributed by atoms with Gasteiger partial charge in [0.15, 0.2) is 0 Å². The number of nitrogens with one attached hydrogen (secondary N) is 1. The zero-order chi connectivity index (χ0) is 16.0. The average Bonchev–Trinajstić information content (AvgIpc) is 3.14. The third-order valence-electron chi connectivity index (χ3n) is 3.56. The molecule has 0 aliphatic carbocycles. The first-order chi connectivity index (χ1) is 11.1. The standard InChI is InChI=1S/C15H9ClFN3O3/c16-8-4-7-5-13(22-12(7)6-9(8)17)10-2-1-3-11(18-10)14-19-15(21)23-20-14/h1-4,6,13H,5H2,(H,19,20,21). The lowest BCUT2D eigenvalue weighted by Crippen LogP contribution is -2.06. The Kier molecular flexibility index (Phi) is 3.16. The van der Waals surface area contributed by atoms with Crippen molar-refractivity contribution in [3.8, 4) is 17.3 Å². The molecule has 4 rings (SSSR count). The number of hydrogen-bond donors (Lipinski definition) is 1. The second-order valence-corrected chi connectivity index (χ2v) is 5.48. The summed E-state index contributed by atoms with van der Waals surface area (Å²) in [6, 6.07) is 8.08. The molecule has 1 unspecified atom stereocenters. The molecule has 6 nitrogen and oxygen atoms in total. The summed E-state index contributed by atoms with van der Waals surface area (Å²) >= 11 is 5.80. The van der Waals surface area contributed by atoms with E-state index in [9.17, 15) is 9.18 Å². The molecule has 1 aliphatic rings. The first-order valence-electron chi connectivity index (χ1n) is 6.78. The molecule has 0 amide bonds. The normalized spacial score (nSPS) is 16.2. The minimum Gasteiger partial charge on any atom is -0.483 e. The van der Waals surface area contributed by atoms with Gasteiger partial charge in [0.2, 0.25) is 5.82 Å². The minimum atomic E-state index is -0.651. The van der Waals surface area contributed by atoms with Crippen molar-refractivity contribution in [2.24, 2.45) is 0 Å². The van der Waals surface area contributed by atoms with Crippen molar-refractivity contribution in [1.82, 2.24) is 15.1 Å². The van der Waals surface area contributed by atoms with E-state index in [0.29, 0.717) is 23.6 Å². The van der Waals surface area contributed by atoms with Gasteiger partial charge < -0.3 is 4.74 Å². The first kappa shape index (κ1) is 14.0. The summed E-state index contributed by atoms with van der Waals surface area (Å²) in [5, 5.41) is 3.67. The van der Waals surface area contributed by atoms with Gasteiger partial charge in [0.1, 0.15) is 23.4 Å². The van der Waals surface area contributed by atoms with Crippen molar-refractivity contribution in [2.75, 3.05) is 0 Å². The minimum absolute atomic E-state index is 0.0647. The van der Waals surface area contributed by atoms with Gasteiger partial charge in [-0.1, -0.05) is 22.8 Å². The van der Waals surface area contributed by atoms with Gasteiger partial charge >= 0.3 is 5.76 Å². The molecule has 0 radical (unpaired) electrons. The van der Waals surface area contributed by atoms with E-state index in [2.05, 4.69) is 19.6 Å². The third-order valence-corrected chi connectivity index (χ3v) is 3.85. The Balaban J connectivity index is 1.66. The summed E-state index contributed by atoms with van der Waals surface area (Å²) in [4.78, 5) is 17.9. The van der Waals surface area contributed by atoms with Gasteiger partial charge in [-0.25, -0.2) is 14.2 Å². The van der Waals surface area contributed by atoms with E-state index < -0.39 is 11.6 Å². The third kappa shape index (κ3) is 2.49. The van der Waals surface area contributed by atoms with Crippen molar-refractivity contribution in [3.05, 3.63) is 63.0 Å². The molecule has 0 saturated heterocycles. The van der Waals surface area contributed by atoms with Crippen LogP contribution in [0.5, 0.6) is 5.75 Å². The highest BCUT2D eigenvalue weighted by molar-refractivity contribution is 6.30. The number of aromatic amines is 1. The molecule has 1 aromatic carbocycles. The number of ether oxygens (including phenoxy) is 1. The molecule has 2 aromatic heterocycles. The highest BCUT2D eigenvalue weighted by atomic mass is 35.5. The van der Waals surface area contributed by atoms with E-state index in [0.717, 1.165) is 5.56 Å². The van der Waals surface area contributed by atoms with E-state index in [1.54, 1.807) is 24.3 Å². The predicted molar refractivity (Wildman–Crippen MR) is 78.8 cm³/mol. The number of benzene rings is 1. The summed E-state index contributed by atoms with van der Waals surface area (Å²) in [5.41, 5.74) is 1.92. The van der Waals surface area contributed by atoms with Gasteiger partial charge in [0, 0.05) is 12.5 Å². The Morgan fingerprint density at radius 2 is 2.22 bits per heavy atom. The van der Waals surface area contributed by atoms with Gasteiger partial charge in [-0.05, 0) is 23.8 Å². The van der Waals surface area contributed by atoms with Crippen LogP contribution in [0.25, 0.3) is 11.5 Å². The molecule has 116 valence electrons. The average molecular weight is 334 g/mol. The Labute approximate surface area is 133 Å². The van der Waals surface area contributed by atoms with Crippen LogP contribution in [-0.2, 0) is 6.42 Å². The fourth-order valence-electron chi connectivity index (χ4n) is 2.50. The summed E-state index contributed by atoms with van der Waals surface area (Å²) in [6.45, 7) is 0. The Morgan fingerprint density at radius 1 is 1.35 bits per heavy atom. The maximum atomic E-state index is 13.5. The maximum Gasteiger partial charge on any atom is 0.439 e. The molecule has 23 heavy (non-hydrogen) atoms. The van der Waals surface area contributed by atoms with Crippen molar-refractivity contribution in [1.29, 1.82) is 0 Å². The van der Waals surface area contributed by atoms with E-state index in [4.69, 9.17) is 16.3 Å². The van der Waals surface area contributed by atoms with Crippen LogP contribution in [0, 0.1) is 5.82 Å². The highest BCUT2D eigenvalue weighted by Crippen LogP contribution is 2.38. The molecule has 8 heteroatoms. The Morgan fingerprint density at radius 3 is 3.00 bits per heavy atom. The lowest BCUT2D eigenvalue weighted by Gasteiger charge is -2.10. The molecule has 1 N–H and O–H groups in total. The number of aromatic nitrogens is 3.